The predicted molar refractivity (Wildman–Crippen MR) is 93.6 cm³/mol. The summed E-state index contributed by atoms with van der Waals surface area (Å²) in [4.78, 5) is 16.0. The quantitative estimate of drug-likeness (QED) is 0.658. The van der Waals surface area contributed by atoms with Crippen LogP contribution in [0.5, 0.6) is 0 Å². The van der Waals surface area contributed by atoms with Crippen LogP contribution in [0.1, 0.15) is 43.7 Å². The third kappa shape index (κ3) is 3.86. The number of methoxy groups -OCH3 is 1. The highest BCUT2D eigenvalue weighted by Gasteiger charge is 2.52. The Hall–Kier alpha value is -1.70. The highest BCUT2D eigenvalue weighted by molar-refractivity contribution is 6.55. The molecule has 0 amide bonds. The first-order valence-electron chi connectivity index (χ1n) is 7.95. The summed E-state index contributed by atoms with van der Waals surface area (Å²) >= 11 is 0. The molecule has 0 aromatic carbocycles. The van der Waals surface area contributed by atoms with Crippen LogP contribution in [0.4, 0.5) is 0 Å². The number of nitrogens with zero attached hydrogens (tertiary/aromatic N) is 1. The normalized spacial score (nSPS) is 19.4. The van der Waals surface area contributed by atoms with Crippen molar-refractivity contribution in [2.45, 2.75) is 38.9 Å². The van der Waals surface area contributed by atoms with Gasteiger partial charge in [0.2, 0.25) is 0 Å². The van der Waals surface area contributed by atoms with Gasteiger partial charge in [-0.2, -0.15) is 0 Å². The van der Waals surface area contributed by atoms with Crippen molar-refractivity contribution >= 4 is 19.2 Å². The summed E-state index contributed by atoms with van der Waals surface area (Å²) in [7, 11) is 2.75. The summed E-state index contributed by atoms with van der Waals surface area (Å²) in [6, 6.07) is 3.31. The fraction of sp³-hybridized carbons (Fsp3) is 0.529. The number of aromatic nitrogens is 1. The van der Waals surface area contributed by atoms with E-state index in [4.69, 9.17) is 14.0 Å². The number of carbonyl (C=O) groups excluding carboxylic acids is 1. The standard InChI is InChI=1S/C17H25BN2O4/c1-16(2)17(3,4)24-18(23-16)13(11-19-5)10-14-9-12(7-8-20-14)15(21)22-6/h7-10,19H,11H2,1-6H3. The van der Waals surface area contributed by atoms with Crippen molar-refractivity contribution in [1.29, 1.82) is 0 Å². The molecule has 1 aromatic heterocycles. The highest BCUT2D eigenvalue weighted by atomic mass is 16.7. The first-order chi connectivity index (χ1) is 11.2. The number of likely N-dealkylation sites (N-methyl/N-ethyl adjacent to an activating group) is 1. The molecule has 1 aliphatic rings. The third-order valence-electron chi connectivity index (χ3n) is 4.47. The molecule has 0 atom stereocenters. The van der Waals surface area contributed by atoms with Gasteiger partial charge in [0.05, 0.1) is 29.6 Å². The molecule has 0 bridgehead atoms. The number of hydrogen-bond donors (Lipinski definition) is 1. The van der Waals surface area contributed by atoms with E-state index in [1.165, 1.54) is 7.11 Å². The molecular weight excluding hydrogens is 307 g/mol. The van der Waals surface area contributed by atoms with E-state index in [0.29, 0.717) is 17.8 Å². The minimum atomic E-state index is -0.467. The van der Waals surface area contributed by atoms with Gasteiger partial charge >= 0.3 is 13.1 Å². The second-order valence-corrected chi connectivity index (χ2v) is 6.80. The van der Waals surface area contributed by atoms with Crippen LogP contribution in [0, 0.1) is 0 Å². The fourth-order valence-corrected chi connectivity index (χ4v) is 2.36. The number of carbonyl (C=O) groups is 1. The third-order valence-corrected chi connectivity index (χ3v) is 4.47. The van der Waals surface area contributed by atoms with E-state index >= 15 is 0 Å². The summed E-state index contributed by atoms with van der Waals surface area (Å²) < 4.78 is 16.9. The Morgan fingerprint density at radius 2 is 1.96 bits per heavy atom. The minimum absolute atomic E-state index is 0.391. The van der Waals surface area contributed by atoms with Gasteiger partial charge in [0.15, 0.2) is 0 Å². The number of nitrogens with one attached hydrogen (secondary N) is 1. The van der Waals surface area contributed by atoms with Crippen molar-refractivity contribution in [1.82, 2.24) is 10.3 Å². The lowest BCUT2D eigenvalue weighted by molar-refractivity contribution is 0.00578. The van der Waals surface area contributed by atoms with Crippen LogP contribution in [-0.4, -0.2) is 50.0 Å². The Balaban J connectivity index is 2.31. The van der Waals surface area contributed by atoms with Crippen LogP contribution in [0.15, 0.2) is 23.8 Å². The van der Waals surface area contributed by atoms with Crippen molar-refractivity contribution in [3.05, 3.63) is 35.1 Å². The van der Waals surface area contributed by atoms with Crippen molar-refractivity contribution in [2.24, 2.45) is 0 Å². The Labute approximate surface area is 143 Å². The summed E-state index contributed by atoms with van der Waals surface area (Å²) in [6.07, 6.45) is 3.46. The number of rotatable bonds is 5. The van der Waals surface area contributed by atoms with Gasteiger partial charge in [0.25, 0.3) is 0 Å². The molecule has 1 saturated heterocycles. The van der Waals surface area contributed by atoms with E-state index in [9.17, 15) is 4.79 Å². The molecule has 2 rings (SSSR count). The molecule has 0 unspecified atom stereocenters. The van der Waals surface area contributed by atoms with Gasteiger partial charge in [-0.05, 0) is 58.4 Å². The Bertz CT molecular complexity index is 627. The lowest BCUT2D eigenvalue weighted by atomic mass is 9.77. The van der Waals surface area contributed by atoms with E-state index < -0.39 is 24.3 Å². The van der Waals surface area contributed by atoms with Gasteiger partial charge in [-0.15, -0.1) is 0 Å². The first-order valence-corrected chi connectivity index (χ1v) is 7.95. The molecule has 130 valence electrons. The van der Waals surface area contributed by atoms with E-state index in [1.807, 2.05) is 40.8 Å². The molecule has 1 fully saturated rings. The molecule has 24 heavy (non-hydrogen) atoms. The van der Waals surface area contributed by atoms with Gasteiger partial charge in [-0.3, -0.25) is 4.98 Å². The lowest BCUT2D eigenvalue weighted by Gasteiger charge is -2.32. The fourth-order valence-electron chi connectivity index (χ4n) is 2.36. The summed E-state index contributed by atoms with van der Waals surface area (Å²) in [5.41, 5.74) is 1.19. The second kappa shape index (κ2) is 7.05. The monoisotopic (exact) mass is 332 g/mol. The van der Waals surface area contributed by atoms with Crippen molar-refractivity contribution in [3.8, 4) is 0 Å². The van der Waals surface area contributed by atoms with E-state index in [-0.39, 0.29) is 0 Å². The maximum Gasteiger partial charge on any atom is 0.491 e. The summed E-state index contributed by atoms with van der Waals surface area (Å²) in [5, 5.41) is 3.12. The number of pyridine rings is 1. The highest BCUT2D eigenvalue weighted by Crippen LogP contribution is 2.38. The Morgan fingerprint density at radius 3 is 2.50 bits per heavy atom. The van der Waals surface area contributed by atoms with Crippen LogP contribution in [0.3, 0.4) is 0 Å². The predicted octanol–water partition coefficient (Wildman–Crippen LogP) is 2.10. The zero-order valence-corrected chi connectivity index (χ0v) is 15.2. The molecule has 0 radical (unpaired) electrons. The molecule has 1 aromatic rings. The second-order valence-electron chi connectivity index (χ2n) is 6.80. The Morgan fingerprint density at radius 1 is 1.33 bits per heavy atom. The van der Waals surface area contributed by atoms with Crippen LogP contribution in [0.2, 0.25) is 0 Å². The lowest BCUT2D eigenvalue weighted by Crippen LogP contribution is -2.41. The molecule has 1 N–H and O–H groups in total. The number of esters is 1. The summed E-state index contributed by atoms with van der Waals surface area (Å²) in [6.45, 7) is 8.64. The van der Waals surface area contributed by atoms with Crippen LogP contribution in [-0.2, 0) is 14.0 Å². The molecule has 0 saturated carbocycles. The largest absolute Gasteiger partial charge is 0.491 e. The summed E-state index contributed by atoms with van der Waals surface area (Å²) in [5.74, 6) is -0.391. The molecule has 7 heteroatoms. The zero-order chi connectivity index (χ0) is 18.0. The zero-order valence-electron chi connectivity index (χ0n) is 15.2. The molecular formula is C17H25BN2O4. The van der Waals surface area contributed by atoms with E-state index in [1.54, 1.807) is 18.3 Å². The Kier molecular flexibility index (Phi) is 5.47. The van der Waals surface area contributed by atoms with Crippen LogP contribution < -0.4 is 5.32 Å². The first kappa shape index (κ1) is 18.6. The van der Waals surface area contributed by atoms with Gasteiger partial charge in [0, 0.05) is 12.7 Å². The van der Waals surface area contributed by atoms with Crippen molar-refractivity contribution in [3.63, 3.8) is 0 Å². The van der Waals surface area contributed by atoms with Crippen LogP contribution >= 0.6 is 0 Å². The number of ether oxygens (including phenoxy) is 1. The van der Waals surface area contributed by atoms with Gasteiger partial charge < -0.3 is 19.4 Å². The maximum absolute atomic E-state index is 11.7. The van der Waals surface area contributed by atoms with Gasteiger partial charge in [-0.25, -0.2) is 4.79 Å². The molecule has 2 heterocycles. The molecule has 0 aliphatic carbocycles. The maximum atomic E-state index is 11.7. The van der Waals surface area contributed by atoms with Gasteiger partial charge in [0.1, 0.15) is 0 Å². The minimum Gasteiger partial charge on any atom is -0.465 e. The molecule has 6 nitrogen and oxygen atoms in total. The molecule has 1 aliphatic heterocycles. The van der Waals surface area contributed by atoms with E-state index in [0.717, 1.165) is 5.47 Å². The van der Waals surface area contributed by atoms with Crippen molar-refractivity contribution < 1.29 is 18.8 Å². The topological polar surface area (TPSA) is 69.7 Å². The average Bonchev–Trinajstić information content (AvgIpc) is 2.74. The smallest absolute Gasteiger partial charge is 0.465 e. The SMILES string of the molecule is CNCC(=Cc1cc(C(=O)OC)ccn1)B1OC(C)(C)C(C)(C)O1. The van der Waals surface area contributed by atoms with Gasteiger partial charge in [-0.1, -0.05) is 0 Å². The van der Waals surface area contributed by atoms with Crippen molar-refractivity contribution in [2.75, 3.05) is 20.7 Å². The average molecular weight is 332 g/mol. The van der Waals surface area contributed by atoms with E-state index in [2.05, 4.69) is 10.3 Å². The van der Waals surface area contributed by atoms with Crippen LogP contribution in [0.25, 0.3) is 6.08 Å². The molecule has 0 spiro atoms. The number of hydrogen-bond acceptors (Lipinski definition) is 6.